The fourth-order valence-corrected chi connectivity index (χ4v) is 3.09. The number of para-hydroxylation sites is 2. The number of rotatable bonds is 8. The standard InChI is InChI=1S/2C16H12O3.CH2O/c2*1-2-15(17)12-8-10-13(11-9-12)16(18)19-14-6-4-3-5-7-14;1-2/h2*2-11H,1H2;1H2. The van der Waals surface area contributed by atoms with E-state index in [-0.39, 0.29) is 11.6 Å². The topological polar surface area (TPSA) is 104 Å². The van der Waals surface area contributed by atoms with Crippen molar-refractivity contribution < 1.29 is 33.4 Å². The van der Waals surface area contributed by atoms with E-state index in [2.05, 4.69) is 13.2 Å². The van der Waals surface area contributed by atoms with Crippen LogP contribution in [0.5, 0.6) is 11.5 Å². The number of allylic oxidation sites excluding steroid dienone is 2. The Morgan fingerprint density at radius 3 is 1.00 bits per heavy atom. The van der Waals surface area contributed by atoms with E-state index in [0.29, 0.717) is 33.8 Å². The molecule has 4 aromatic carbocycles. The van der Waals surface area contributed by atoms with Crippen molar-refractivity contribution >= 4 is 30.3 Å². The molecule has 0 aliphatic rings. The predicted octanol–water partition coefficient (Wildman–Crippen LogP) is 6.36. The van der Waals surface area contributed by atoms with Gasteiger partial charge in [-0.15, -0.1) is 0 Å². The van der Waals surface area contributed by atoms with Gasteiger partial charge in [-0.1, -0.05) is 73.8 Å². The summed E-state index contributed by atoms with van der Waals surface area (Å²) < 4.78 is 10.4. The van der Waals surface area contributed by atoms with E-state index in [4.69, 9.17) is 14.3 Å². The summed E-state index contributed by atoms with van der Waals surface area (Å²) in [5.74, 6) is -0.295. The van der Waals surface area contributed by atoms with E-state index in [0.717, 1.165) is 0 Å². The quantitative estimate of drug-likeness (QED) is 0.112. The van der Waals surface area contributed by atoms with E-state index >= 15 is 0 Å². The Bertz CT molecular complexity index is 1330. The van der Waals surface area contributed by atoms with Crippen molar-refractivity contribution in [3.8, 4) is 11.5 Å². The SMILES string of the molecule is C=CC(=O)c1ccc(C(=O)Oc2ccccc2)cc1.C=CC(=O)c1ccc(C(=O)Oc2ccccc2)cc1.C=O. The largest absolute Gasteiger partial charge is 0.423 e. The molecule has 0 amide bonds. The highest BCUT2D eigenvalue weighted by Crippen LogP contribution is 2.14. The van der Waals surface area contributed by atoms with Gasteiger partial charge in [0.15, 0.2) is 11.6 Å². The molecular formula is C33H26O7. The Labute approximate surface area is 232 Å². The van der Waals surface area contributed by atoms with Gasteiger partial charge in [0, 0.05) is 11.1 Å². The average molecular weight is 535 g/mol. The van der Waals surface area contributed by atoms with Crippen molar-refractivity contribution in [3.63, 3.8) is 0 Å². The molecule has 4 aromatic rings. The first-order valence-electron chi connectivity index (χ1n) is 11.8. The fraction of sp³-hybridized carbons (Fsp3) is 0. The Balaban J connectivity index is 0.000000264. The maximum atomic E-state index is 11.8. The van der Waals surface area contributed by atoms with Gasteiger partial charge in [0.1, 0.15) is 18.3 Å². The van der Waals surface area contributed by atoms with Crippen LogP contribution >= 0.6 is 0 Å². The van der Waals surface area contributed by atoms with E-state index in [1.54, 1.807) is 97.1 Å². The third-order valence-corrected chi connectivity index (χ3v) is 5.09. The molecule has 0 unspecified atom stereocenters. The minimum atomic E-state index is -0.455. The molecule has 7 heteroatoms. The molecular weight excluding hydrogens is 508 g/mol. The van der Waals surface area contributed by atoms with E-state index in [1.807, 2.05) is 18.9 Å². The number of benzene rings is 4. The summed E-state index contributed by atoms with van der Waals surface area (Å²) in [6.07, 6.45) is 2.47. The monoisotopic (exact) mass is 534 g/mol. The second-order valence-electron chi connectivity index (χ2n) is 7.70. The maximum absolute atomic E-state index is 11.8. The van der Waals surface area contributed by atoms with Gasteiger partial charge in [-0.2, -0.15) is 0 Å². The van der Waals surface area contributed by atoms with Gasteiger partial charge in [-0.25, -0.2) is 9.59 Å². The number of ether oxygens (including phenoxy) is 2. The third-order valence-electron chi connectivity index (χ3n) is 5.09. The molecule has 7 nitrogen and oxygen atoms in total. The zero-order valence-corrected chi connectivity index (χ0v) is 21.5. The molecule has 200 valence electrons. The number of hydrogen-bond donors (Lipinski definition) is 0. The van der Waals surface area contributed by atoms with Crippen LogP contribution in [-0.2, 0) is 4.79 Å². The molecule has 0 N–H and O–H groups in total. The van der Waals surface area contributed by atoms with Crippen LogP contribution in [0.3, 0.4) is 0 Å². The van der Waals surface area contributed by atoms with Gasteiger partial charge in [-0.3, -0.25) is 9.59 Å². The Kier molecular flexibility index (Phi) is 12.4. The lowest BCUT2D eigenvalue weighted by Crippen LogP contribution is -2.08. The van der Waals surface area contributed by atoms with Crippen molar-refractivity contribution in [2.45, 2.75) is 0 Å². The summed E-state index contributed by atoms with van der Waals surface area (Å²) in [7, 11) is 0. The van der Waals surface area contributed by atoms with Crippen LogP contribution in [0.25, 0.3) is 0 Å². The molecule has 0 radical (unpaired) electrons. The lowest BCUT2D eigenvalue weighted by Gasteiger charge is -2.04. The van der Waals surface area contributed by atoms with Gasteiger partial charge >= 0.3 is 11.9 Å². The minimum absolute atomic E-state index is 0.178. The summed E-state index contributed by atoms with van der Waals surface area (Å²) in [6, 6.07) is 30.2. The summed E-state index contributed by atoms with van der Waals surface area (Å²) in [5, 5.41) is 0. The molecule has 4 rings (SSSR count). The molecule has 0 aliphatic heterocycles. The number of hydrogen-bond acceptors (Lipinski definition) is 7. The molecule has 0 fully saturated rings. The van der Waals surface area contributed by atoms with Crippen LogP contribution in [-0.4, -0.2) is 30.3 Å². The summed E-state index contributed by atoms with van der Waals surface area (Å²) >= 11 is 0. The Morgan fingerprint density at radius 1 is 0.450 bits per heavy atom. The number of esters is 2. The summed E-state index contributed by atoms with van der Waals surface area (Å²) in [4.78, 5) is 54.4. The molecule has 0 bridgehead atoms. The fourth-order valence-electron chi connectivity index (χ4n) is 3.09. The lowest BCUT2D eigenvalue weighted by molar-refractivity contribution is -0.0980. The smallest absolute Gasteiger partial charge is 0.343 e. The highest BCUT2D eigenvalue weighted by molar-refractivity contribution is 6.05. The average Bonchev–Trinajstić information content (AvgIpc) is 3.02. The van der Waals surface area contributed by atoms with Crippen LogP contribution in [0.15, 0.2) is 135 Å². The molecule has 0 saturated heterocycles. The molecule has 0 saturated carbocycles. The van der Waals surface area contributed by atoms with Gasteiger partial charge in [0.05, 0.1) is 11.1 Å². The van der Waals surface area contributed by atoms with Gasteiger partial charge in [0.2, 0.25) is 0 Å². The minimum Gasteiger partial charge on any atom is -0.423 e. The van der Waals surface area contributed by atoms with Gasteiger partial charge in [-0.05, 0) is 60.7 Å². The summed E-state index contributed by atoms with van der Waals surface area (Å²) in [5.41, 5.74) is 1.77. The lowest BCUT2D eigenvalue weighted by atomic mass is 10.1. The first-order chi connectivity index (χ1) is 19.4. The van der Waals surface area contributed by atoms with Crippen LogP contribution in [0.4, 0.5) is 0 Å². The van der Waals surface area contributed by atoms with E-state index in [9.17, 15) is 19.2 Å². The van der Waals surface area contributed by atoms with Gasteiger partial charge in [0.25, 0.3) is 0 Å². The maximum Gasteiger partial charge on any atom is 0.343 e. The molecule has 0 aromatic heterocycles. The Morgan fingerprint density at radius 2 is 0.725 bits per heavy atom. The number of carbonyl (C=O) groups is 5. The zero-order chi connectivity index (χ0) is 29.3. The van der Waals surface area contributed by atoms with Crippen molar-refractivity contribution in [1.82, 2.24) is 0 Å². The highest BCUT2D eigenvalue weighted by Gasteiger charge is 2.10. The highest BCUT2D eigenvalue weighted by atomic mass is 16.5. The normalized spacial score (nSPS) is 9.30. The van der Waals surface area contributed by atoms with Crippen molar-refractivity contribution in [2.75, 3.05) is 0 Å². The first-order valence-corrected chi connectivity index (χ1v) is 11.8. The van der Waals surface area contributed by atoms with Gasteiger partial charge < -0.3 is 14.3 Å². The van der Waals surface area contributed by atoms with Crippen molar-refractivity contribution in [3.05, 3.63) is 157 Å². The number of carbonyl (C=O) groups excluding carboxylic acids is 5. The summed E-state index contributed by atoms with van der Waals surface area (Å²) in [6.45, 7) is 8.82. The zero-order valence-electron chi connectivity index (χ0n) is 21.5. The van der Waals surface area contributed by atoms with E-state index in [1.165, 1.54) is 12.2 Å². The van der Waals surface area contributed by atoms with E-state index < -0.39 is 11.9 Å². The van der Waals surface area contributed by atoms with Crippen LogP contribution in [0, 0.1) is 0 Å². The second-order valence-corrected chi connectivity index (χ2v) is 7.70. The number of ketones is 2. The molecule has 0 aliphatic carbocycles. The van der Waals surface area contributed by atoms with Crippen LogP contribution in [0.2, 0.25) is 0 Å². The van der Waals surface area contributed by atoms with Crippen LogP contribution < -0.4 is 9.47 Å². The Hall–Kier alpha value is -5.69. The second kappa shape index (κ2) is 16.2. The molecule has 0 heterocycles. The predicted molar refractivity (Wildman–Crippen MR) is 152 cm³/mol. The molecule has 0 spiro atoms. The molecule has 0 atom stereocenters. The van der Waals surface area contributed by atoms with Crippen molar-refractivity contribution in [1.29, 1.82) is 0 Å². The third kappa shape index (κ3) is 9.32. The first kappa shape index (κ1) is 30.5. The van der Waals surface area contributed by atoms with Crippen molar-refractivity contribution in [2.24, 2.45) is 0 Å². The van der Waals surface area contributed by atoms with Crippen LogP contribution in [0.1, 0.15) is 41.4 Å². The molecule has 40 heavy (non-hydrogen) atoms.